The van der Waals surface area contributed by atoms with Crippen LogP contribution in [0.3, 0.4) is 0 Å². The van der Waals surface area contributed by atoms with Crippen LogP contribution in [0, 0.1) is 11.8 Å². The van der Waals surface area contributed by atoms with Crippen molar-refractivity contribution in [1.29, 1.82) is 0 Å². The Bertz CT molecular complexity index is 1050. The Balaban J connectivity index is 0.00000245. The number of nitrogens with one attached hydrogen (secondary N) is 3. The second-order valence-electron chi connectivity index (χ2n) is 8.54. The smallest absolute Gasteiger partial charge is 0.426 e. The number of ether oxygens (including phenoxy) is 2. The Morgan fingerprint density at radius 1 is 1.28 bits per heavy atom. The molecule has 9 heteroatoms. The predicted molar refractivity (Wildman–Crippen MR) is 122 cm³/mol. The average molecular weight is 461 g/mol. The summed E-state index contributed by atoms with van der Waals surface area (Å²) in [5.41, 5.74) is 9.18. The fourth-order valence-electron chi connectivity index (χ4n) is 5.44. The zero-order valence-corrected chi connectivity index (χ0v) is 19.0. The van der Waals surface area contributed by atoms with Gasteiger partial charge in [-0.1, -0.05) is 18.2 Å². The highest BCUT2D eigenvalue weighted by Crippen LogP contribution is 2.47. The fraction of sp³-hybridized carbons (Fsp3) is 0.478. The average Bonchev–Trinajstić information content (AvgIpc) is 3.16. The maximum atomic E-state index is 12.9. The molecule has 32 heavy (non-hydrogen) atoms. The van der Waals surface area contributed by atoms with Crippen molar-refractivity contribution in [1.82, 2.24) is 20.7 Å². The number of fused-ring (bicyclic) bond motifs is 6. The van der Waals surface area contributed by atoms with E-state index in [9.17, 15) is 9.59 Å². The van der Waals surface area contributed by atoms with E-state index in [0.717, 1.165) is 25.9 Å². The molecule has 0 unspecified atom stereocenters. The number of nitrogens with zero attached hydrogens (tertiary/aromatic N) is 1. The third-order valence-electron chi connectivity index (χ3n) is 6.94. The van der Waals surface area contributed by atoms with Crippen molar-refractivity contribution >= 4 is 35.3 Å². The molecule has 5 rings (SSSR count). The molecule has 0 bridgehead atoms. The number of hydrogen-bond donors (Lipinski definition) is 3. The lowest BCUT2D eigenvalue weighted by Crippen LogP contribution is -2.53. The van der Waals surface area contributed by atoms with Crippen LogP contribution in [0.5, 0.6) is 0 Å². The van der Waals surface area contributed by atoms with E-state index in [-0.39, 0.29) is 48.9 Å². The van der Waals surface area contributed by atoms with Crippen molar-refractivity contribution in [3.63, 3.8) is 0 Å². The summed E-state index contributed by atoms with van der Waals surface area (Å²) in [5.74, 6) is -0.0852. The van der Waals surface area contributed by atoms with E-state index in [0.29, 0.717) is 5.57 Å². The molecule has 3 aliphatic rings. The standard InChI is InChI=1S/C23H28N4O4.ClH/c1-3-30-23(29)26-25-22(28)18-12-31-13(2)17-11-27-9-8-15-14-6-4-5-7-19(14)24-21(15)20(27)10-16(17)18;/h4-7,12-13,16-17,20,24H,3,8-11H2,1-2H3,(H,25,28)(H,26,29);1H/t13-,16-,17-,20-;/m0./s1. The van der Waals surface area contributed by atoms with Gasteiger partial charge >= 0.3 is 6.09 Å². The number of rotatable bonds is 2. The molecule has 172 valence electrons. The van der Waals surface area contributed by atoms with Gasteiger partial charge in [-0.2, -0.15) is 0 Å². The maximum absolute atomic E-state index is 12.9. The molecule has 1 aromatic carbocycles. The zero-order chi connectivity index (χ0) is 21.5. The number of piperidine rings is 1. The molecule has 0 aliphatic carbocycles. The number of amides is 2. The molecule has 3 N–H and O–H groups in total. The topological polar surface area (TPSA) is 95.7 Å². The Morgan fingerprint density at radius 3 is 2.91 bits per heavy atom. The molecule has 0 saturated carbocycles. The van der Waals surface area contributed by atoms with E-state index in [1.54, 1.807) is 13.2 Å². The monoisotopic (exact) mass is 460 g/mol. The molecule has 2 aromatic rings. The Morgan fingerprint density at radius 2 is 2.09 bits per heavy atom. The van der Waals surface area contributed by atoms with Crippen LogP contribution >= 0.6 is 12.4 Å². The number of halogens is 1. The lowest BCUT2D eigenvalue weighted by Gasteiger charge is -2.49. The summed E-state index contributed by atoms with van der Waals surface area (Å²) in [6, 6.07) is 8.68. The third-order valence-corrected chi connectivity index (χ3v) is 6.94. The minimum absolute atomic E-state index is 0. The fourth-order valence-corrected chi connectivity index (χ4v) is 5.44. The molecule has 2 amide bonds. The first-order valence-electron chi connectivity index (χ1n) is 11.0. The summed E-state index contributed by atoms with van der Waals surface area (Å²) in [7, 11) is 0. The first-order valence-corrected chi connectivity index (χ1v) is 11.0. The van der Waals surface area contributed by atoms with Crippen LogP contribution in [-0.4, -0.2) is 47.7 Å². The second-order valence-corrected chi connectivity index (χ2v) is 8.54. The molecule has 8 nitrogen and oxygen atoms in total. The molecule has 3 aliphatic heterocycles. The van der Waals surface area contributed by atoms with Gasteiger partial charge in [-0.3, -0.25) is 15.1 Å². The largest absolute Gasteiger partial charge is 0.497 e. The Hall–Kier alpha value is -2.71. The van der Waals surface area contributed by atoms with E-state index in [2.05, 4.69) is 51.9 Å². The van der Waals surface area contributed by atoms with Crippen LogP contribution in [0.25, 0.3) is 10.9 Å². The number of hydrogen-bond acceptors (Lipinski definition) is 5. The van der Waals surface area contributed by atoms with Gasteiger partial charge in [0.15, 0.2) is 0 Å². The first-order chi connectivity index (χ1) is 15.1. The molecule has 1 aromatic heterocycles. The van der Waals surface area contributed by atoms with E-state index in [1.807, 2.05) is 0 Å². The van der Waals surface area contributed by atoms with Gasteiger partial charge in [-0.15, -0.1) is 12.4 Å². The van der Waals surface area contributed by atoms with Crippen LogP contribution in [0.2, 0.25) is 0 Å². The lowest BCUT2D eigenvalue weighted by molar-refractivity contribution is -0.121. The van der Waals surface area contributed by atoms with Gasteiger partial charge in [0, 0.05) is 41.5 Å². The van der Waals surface area contributed by atoms with Crippen molar-refractivity contribution in [3.05, 3.63) is 47.4 Å². The van der Waals surface area contributed by atoms with Crippen molar-refractivity contribution in [2.24, 2.45) is 11.8 Å². The van der Waals surface area contributed by atoms with Crippen LogP contribution in [0.4, 0.5) is 4.79 Å². The number of benzene rings is 1. The van der Waals surface area contributed by atoms with E-state index in [4.69, 9.17) is 9.47 Å². The van der Waals surface area contributed by atoms with E-state index >= 15 is 0 Å². The van der Waals surface area contributed by atoms with Gasteiger partial charge in [0.05, 0.1) is 30.6 Å². The number of carbonyl (C=O) groups is 2. The van der Waals surface area contributed by atoms with Crippen LogP contribution in [0.1, 0.15) is 37.6 Å². The second kappa shape index (κ2) is 9.03. The van der Waals surface area contributed by atoms with Gasteiger partial charge < -0.3 is 14.5 Å². The first kappa shape index (κ1) is 22.5. The van der Waals surface area contributed by atoms with Crippen molar-refractivity contribution in [2.75, 3.05) is 19.7 Å². The van der Waals surface area contributed by atoms with Crippen LogP contribution in [-0.2, 0) is 20.7 Å². The summed E-state index contributed by atoms with van der Waals surface area (Å²) in [6.07, 6.45) is 2.78. The summed E-state index contributed by atoms with van der Waals surface area (Å²) < 4.78 is 10.6. The maximum Gasteiger partial charge on any atom is 0.426 e. The minimum Gasteiger partial charge on any atom is -0.497 e. The lowest BCUT2D eigenvalue weighted by atomic mass is 9.72. The van der Waals surface area contributed by atoms with E-state index < -0.39 is 6.09 Å². The molecular weight excluding hydrogens is 432 g/mol. The van der Waals surface area contributed by atoms with Crippen LogP contribution < -0.4 is 10.9 Å². The Labute approximate surface area is 193 Å². The van der Waals surface area contributed by atoms with Crippen LogP contribution in [0.15, 0.2) is 36.1 Å². The summed E-state index contributed by atoms with van der Waals surface area (Å²) in [4.78, 5) is 30.6. The van der Waals surface area contributed by atoms with Crippen molar-refractivity contribution in [2.45, 2.75) is 38.8 Å². The third kappa shape index (κ3) is 3.82. The van der Waals surface area contributed by atoms with Gasteiger partial charge in [-0.25, -0.2) is 10.2 Å². The predicted octanol–water partition coefficient (Wildman–Crippen LogP) is 3.20. The highest BCUT2D eigenvalue weighted by molar-refractivity contribution is 5.94. The quantitative estimate of drug-likeness (QED) is 0.598. The number of H-pyrrole nitrogens is 1. The van der Waals surface area contributed by atoms with Gasteiger partial charge in [0.25, 0.3) is 5.91 Å². The molecule has 0 spiro atoms. The molecule has 4 atom stereocenters. The highest BCUT2D eigenvalue weighted by atomic mass is 35.5. The summed E-state index contributed by atoms with van der Waals surface area (Å²) in [6.45, 7) is 5.89. The highest BCUT2D eigenvalue weighted by Gasteiger charge is 2.46. The molecule has 4 heterocycles. The number of carbonyl (C=O) groups excluding carboxylic acids is 2. The number of hydrazine groups is 1. The molecule has 1 fully saturated rings. The molecule has 0 radical (unpaired) electrons. The van der Waals surface area contributed by atoms with Crippen molar-refractivity contribution < 1.29 is 19.1 Å². The zero-order valence-electron chi connectivity index (χ0n) is 18.2. The molecule has 1 saturated heterocycles. The van der Waals surface area contributed by atoms with Crippen molar-refractivity contribution in [3.8, 4) is 0 Å². The van der Waals surface area contributed by atoms with Gasteiger partial charge in [0.2, 0.25) is 0 Å². The van der Waals surface area contributed by atoms with Gasteiger partial charge in [-0.05, 0) is 38.3 Å². The van der Waals surface area contributed by atoms with E-state index in [1.165, 1.54) is 22.2 Å². The summed E-state index contributed by atoms with van der Waals surface area (Å²) >= 11 is 0. The molecular formula is C23H29ClN4O4. The SMILES string of the molecule is CCOC(=O)NNC(=O)C1=CO[C@@H](C)[C@@H]2CN3CCc4c([nH]c5ccccc45)[C@@H]3C[C@H]12.Cl. The number of para-hydroxylation sites is 1. The number of aromatic amines is 1. The Kier molecular flexibility index (Phi) is 6.35. The minimum atomic E-state index is -0.678. The normalized spacial score (nSPS) is 26.4. The summed E-state index contributed by atoms with van der Waals surface area (Å²) in [5, 5.41) is 1.30. The number of aromatic nitrogens is 1. The van der Waals surface area contributed by atoms with Gasteiger partial charge in [0.1, 0.15) is 0 Å².